The van der Waals surface area contributed by atoms with E-state index in [-0.39, 0.29) is 11.9 Å². The number of nitrogens with one attached hydrogen (secondary N) is 1. The third kappa shape index (κ3) is 6.17. The summed E-state index contributed by atoms with van der Waals surface area (Å²) in [5.74, 6) is 1.18. The zero-order chi connectivity index (χ0) is 26.3. The van der Waals surface area contributed by atoms with Crippen LogP contribution in [0.2, 0.25) is 0 Å². The molecule has 7 nitrogen and oxygen atoms in total. The van der Waals surface area contributed by atoms with Gasteiger partial charge in [0.15, 0.2) is 11.0 Å². The van der Waals surface area contributed by atoms with E-state index in [0.29, 0.717) is 11.4 Å². The van der Waals surface area contributed by atoms with Crippen molar-refractivity contribution in [2.24, 2.45) is 0 Å². The molecule has 3 aromatic heterocycles. The van der Waals surface area contributed by atoms with Gasteiger partial charge in [-0.3, -0.25) is 14.3 Å². The Morgan fingerprint density at radius 3 is 2.66 bits per heavy atom. The van der Waals surface area contributed by atoms with Crippen LogP contribution in [0.1, 0.15) is 40.0 Å². The first-order chi connectivity index (χ1) is 18.6. The van der Waals surface area contributed by atoms with Crippen LogP contribution in [0, 0.1) is 6.92 Å². The number of hydrogen-bond acceptors (Lipinski definition) is 7. The molecule has 5 rings (SSSR count). The van der Waals surface area contributed by atoms with Crippen LogP contribution >= 0.6 is 23.1 Å². The lowest BCUT2D eigenvalue weighted by atomic mass is 10.1. The number of nitrogens with zero attached hydrogens (tertiary/aromatic N) is 5. The van der Waals surface area contributed by atoms with Crippen molar-refractivity contribution in [3.8, 4) is 17.1 Å². The van der Waals surface area contributed by atoms with Crippen molar-refractivity contribution in [3.63, 3.8) is 0 Å². The highest BCUT2D eigenvalue weighted by molar-refractivity contribution is 7.98. The molecule has 0 saturated heterocycles. The minimum atomic E-state index is -0.139. The molecule has 3 heterocycles. The number of benzene rings is 2. The Morgan fingerprint density at radius 1 is 1.05 bits per heavy atom. The van der Waals surface area contributed by atoms with Crippen molar-refractivity contribution in [1.82, 2.24) is 30.0 Å². The van der Waals surface area contributed by atoms with Crippen LogP contribution in [-0.4, -0.2) is 36.7 Å². The van der Waals surface area contributed by atoms with Crippen LogP contribution in [0.15, 0.2) is 89.7 Å². The Kier molecular flexibility index (Phi) is 8.25. The molecule has 0 aliphatic heterocycles. The fraction of sp³-hybridized carbons (Fsp3) is 0.207. The van der Waals surface area contributed by atoms with Crippen LogP contribution in [0.25, 0.3) is 17.1 Å². The number of carbonyl (C=O) groups excluding carboxylic acids is 1. The molecular weight excluding hydrogens is 512 g/mol. The van der Waals surface area contributed by atoms with Crippen LogP contribution in [0.4, 0.5) is 0 Å². The Morgan fingerprint density at radius 2 is 1.87 bits per heavy atom. The average Bonchev–Trinajstić information content (AvgIpc) is 3.60. The number of thioether (sulfide) groups is 1. The number of aromatic nitrogens is 5. The van der Waals surface area contributed by atoms with Gasteiger partial charge >= 0.3 is 0 Å². The zero-order valence-corrected chi connectivity index (χ0v) is 22.9. The predicted molar refractivity (Wildman–Crippen MR) is 153 cm³/mol. The lowest BCUT2D eigenvalue weighted by molar-refractivity contribution is 0.0934. The van der Waals surface area contributed by atoms with Gasteiger partial charge in [0.1, 0.15) is 10.7 Å². The first kappa shape index (κ1) is 25.8. The highest BCUT2D eigenvalue weighted by Crippen LogP contribution is 2.31. The summed E-state index contributed by atoms with van der Waals surface area (Å²) in [6.45, 7) is 4.10. The Balaban J connectivity index is 1.26. The molecule has 0 aliphatic rings. The van der Waals surface area contributed by atoms with Crippen molar-refractivity contribution < 1.29 is 4.79 Å². The van der Waals surface area contributed by atoms with Gasteiger partial charge < -0.3 is 5.32 Å². The monoisotopic (exact) mass is 540 g/mol. The molecule has 0 radical (unpaired) electrons. The molecule has 9 heteroatoms. The molecule has 0 bridgehead atoms. The second-order valence-electron chi connectivity index (χ2n) is 8.98. The summed E-state index contributed by atoms with van der Waals surface area (Å²) >= 11 is 3.03. The second kappa shape index (κ2) is 12.1. The topological polar surface area (TPSA) is 85.6 Å². The predicted octanol–water partition coefficient (Wildman–Crippen LogP) is 6.14. The molecule has 192 valence electrons. The van der Waals surface area contributed by atoms with E-state index in [2.05, 4.69) is 61.2 Å². The van der Waals surface area contributed by atoms with Gasteiger partial charge in [0.05, 0.1) is 11.4 Å². The lowest BCUT2D eigenvalue weighted by Gasteiger charge is -2.13. The minimum absolute atomic E-state index is 0.0563. The molecule has 5 aromatic rings. The van der Waals surface area contributed by atoms with Gasteiger partial charge in [0, 0.05) is 29.4 Å². The summed E-state index contributed by atoms with van der Waals surface area (Å²) in [6.07, 6.45) is 5.33. The Labute approximate surface area is 230 Å². The normalized spacial score (nSPS) is 11.8. The van der Waals surface area contributed by atoms with Gasteiger partial charge in [0.2, 0.25) is 0 Å². The van der Waals surface area contributed by atoms with E-state index < -0.39 is 0 Å². The summed E-state index contributed by atoms with van der Waals surface area (Å²) in [5, 5.41) is 15.5. The molecule has 0 aliphatic carbocycles. The van der Waals surface area contributed by atoms with Crippen LogP contribution in [0.3, 0.4) is 0 Å². The summed E-state index contributed by atoms with van der Waals surface area (Å²) in [5.41, 5.74) is 4.75. The molecule has 1 atom stereocenters. The molecule has 1 unspecified atom stereocenters. The van der Waals surface area contributed by atoms with Crippen LogP contribution in [-0.2, 0) is 12.2 Å². The molecule has 1 amide bonds. The Hall–Kier alpha value is -3.82. The number of rotatable bonds is 10. The van der Waals surface area contributed by atoms with Crippen molar-refractivity contribution in [1.29, 1.82) is 0 Å². The van der Waals surface area contributed by atoms with Gasteiger partial charge in [-0.05, 0) is 56.0 Å². The first-order valence-electron chi connectivity index (χ1n) is 12.4. The van der Waals surface area contributed by atoms with Crippen molar-refractivity contribution in [3.05, 3.63) is 106 Å². The van der Waals surface area contributed by atoms with E-state index >= 15 is 0 Å². The Bertz CT molecular complexity index is 1500. The number of carbonyl (C=O) groups is 1. The van der Waals surface area contributed by atoms with E-state index in [1.54, 1.807) is 24.2 Å². The number of aryl methyl sites for hydroxylation is 2. The molecule has 1 N–H and O–H groups in total. The van der Waals surface area contributed by atoms with E-state index in [1.807, 2.05) is 54.8 Å². The molecule has 38 heavy (non-hydrogen) atoms. The third-order valence-corrected chi connectivity index (χ3v) is 8.08. The van der Waals surface area contributed by atoms with Gasteiger partial charge in [-0.2, -0.15) is 0 Å². The lowest BCUT2D eigenvalue weighted by Crippen LogP contribution is -2.33. The van der Waals surface area contributed by atoms with Gasteiger partial charge in [-0.25, -0.2) is 4.98 Å². The van der Waals surface area contributed by atoms with E-state index in [0.717, 1.165) is 45.6 Å². The maximum absolute atomic E-state index is 12.8. The largest absolute Gasteiger partial charge is 0.348 e. The summed E-state index contributed by atoms with van der Waals surface area (Å²) in [4.78, 5) is 21.6. The average molecular weight is 541 g/mol. The van der Waals surface area contributed by atoms with Crippen molar-refractivity contribution in [2.45, 2.75) is 43.6 Å². The molecule has 0 fully saturated rings. The molecule has 0 spiro atoms. The van der Waals surface area contributed by atoms with Crippen LogP contribution < -0.4 is 5.32 Å². The summed E-state index contributed by atoms with van der Waals surface area (Å²) < 4.78 is 2.06. The quantitative estimate of drug-likeness (QED) is 0.214. The number of pyridine rings is 1. The highest BCUT2D eigenvalue weighted by Gasteiger charge is 2.19. The van der Waals surface area contributed by atoms with E-state index in [4.69, 9.17) is 0 Å². The summed E-state index contributed by atoms with van der Waals surface area (Å²) in [6, 6.07) is 22.4. The standard InChI is InChI=1S/C29H28N6OS2/c1-20-9-6-7-13-25(20)35-27(23-12-8-16-30-17-23)33-34-29(35)38-19-26-32-24(18-37-26)28(36)31-21(2)14-15-22-10-4-3-5-11-22/h3-13,16-18,21H,14-15,19H2,1-2H3,(H,31,36). The van der Waals surface area contributed by atoms with Crippen molar-refractivity contribution in [2.75, 3.05) is 0 Å². The number of para-hydroxylation sites is 1. The first-order valence-corrected chi connectivity index (χ1v) is 14.3. The minimum Gasteiger partial charge on any atom is -0.348 e. The molecule has 2 aromatic carbocycles. The fourth-order valence-electron chi connectivity index (χ4n) is 4.08. The van der Waals surface area contributed by atoms with Crippen molar-refractivity contribution >= 4 is 29.0 Å². The number of amides is 1. The van der Waals surface area contributed by atoms with E-state index in [1.165, 1.54) is 16.9 Å². The zero-order valence-electron chi connectivity index (χ0n) is 21.2. The van der Waals surface area contributed by atoms with Gasteiger partial charge in [-0.15, -0.1) is 21.5 Å². The molecular formula is C29H28N6OS2. The summed E-state index contributed by atoms with van der Waals surface area (Å²) in [7, 11) is 0. The van der Waals surface area contributed by atoms with Gasteiger partial charge in [0.25, 0.3) is 5.91 Å². The van der Waals surface area contributed by atoms with E-state index in [9.17, 15) is 4.79 Å². The number of hydrogen-bond donors (Lipinski definition) is 1. The maximum Gasteiger partial charge on any atom is 0.270 e. The maximum atomic E-state index is 12.8. The highest BCUT2D eigenvalue weighted by atomic mass is 32.2. The smallest absolute Gasteiger partial charge is 0.270 e. The molecule has 0 saturated carbocycles. The number of thiazole rings is 1. The fourth-order valence-corrected chi connectivity index (χ4v) is 5.82. The SMILES string of the molecule is Cc1ccccc1-n1c(SCc2nc(C(=O)NC(C)CCc3ccccc3)cs2)nnc1-c1cccnc1. The van der Waals surface area contributed by atoms with Crippen LogP contribution in [0.5, 0.6) is 0 Å². The van der Waals surface area contributed by atoms with Gasteiger partial charge in [-0.1, -0.05) is 60.3 Å². The third-order valence-electron chi connectivity index (χ3n) is 6.10. The second-order valence-corrected chi connectivity index (χ2v) is 10.9.